The number of carbonyl (C=O) groups excluding carboxylic acids is 2. The van der Waals surface area contributed by atoms with E-state index in [1.807, 2.05) is 0 Å². The maximum Gasteiger partial charge on any atom is 0.218 e. The van der Waals surface area contributed by atoms with E-state index in [4.69, 9.17) is 9.47 Å². The molecule has 2 heterocycles. The van der Waals surface area contributed by atoms with Crippen LogP contribution in [0.3, 0.4) is 0 Å². The fourth-order valence-corrected chi connectivity index (χ4v) is 3.10. The highest BCUT2D eigenvalue weighted by Gasteiger charge is 2.69. The van der Waals surface area contributed by atoms with Crippen molar-refractivity contribution in [2.24, 2.45) is 23.7 Å². The van der Waals surface area contributed by atoms with Crippen molar-refractivity contribution in [1.29, 1.82) is 0 Å². The lowest BCUT2D eigenvalue weighted by molar-refractivity contribution is -0.153. The van der Waals surface area contributed by atoms with Crippen LogP contribution in [0.5, 0.6) is 0 Å². The van der Waals surface area contributed by atoms with E-state index in [1.165, 1.54) is 0 Å². The van der Waals surface area contributed by atoms with Crippen LogP contribution in [-0.2, 0) is 19.1 Å². The SMILES string of the molecule is O=C(C1CC1)[C@@H]1[C@H]2C(=O)[C@@H]3OC[C@@H](O3)[C@@H]12. The molecule has 2 saturated heterocycles. The lowest BCUT2D eigenvalue weighted by Crippen LogP contribution is -2.30. The first-order chi connectivity index (χ1) is 7.27. The van der Waals surface area contributed by atoms with Gasteiger partial charge < -0.3 is 9.47 Å². The first kappa shape index (κ1) is 8.42. The van der Waals surface area contributed by atoms with Crippen LogP contribution in [0.25, 0.3) is 0 Å². The van der Waals surface area contributed by atoms with Crippen LogP contribution in [0.4, 0.5) is 0 Å². The van der Waals surface area contributed by atoms with Gasteiger partial charge in [0.15, 0.2) is 5.78 Å². The molecule has 4 heteroatoms. The molecule has 0 aromatic carbocycles. The van der Waals surface area contributed by atoms with Crippen LogP contribution in [0.15, 0.2) is 0 Å². The monoisotopic (exact) mass is 208 g/mol. The lowest BCUT2D eigenvalue weighted by Gasteiger charge is -2.14. The predicted octanol–water partition coefficient (Wildman–Crippen LogP) is 0.152. The Balaban J connectivity index is 1.61. The van der Waals surface area contributed by atoms with E-state index in [0.717, 1.165) is 12.8 Å². The summed E-state index contributed by atoms with van der Waals surface area (Å²) < 4.78 is 10.6. The van der Waals surface area contributed by atoms with Crippen molar-refractivity contribution in [3.63, 3.8) is 0 Å². The number of hydrogen-bond donors (Lipinski definition) is 0. The maximum absolute atomic E-state index is 11.9. The zero-order chi connectivity index (χ0) is 10.2. The summed E-state index contributed by atoms with van der Waals surface area (Å²) in [5, 5.41) is 0. The molecular weight excluding hydrogens is 196 g/mol. The summed E-state index contributed by atoms with van der Waals surface area (Å²) in [5.41, 5.74) is 0. The van der Waals surface area contributed by atoms with Crippen LogP contribution in [0.2, 0.25) is 0 Å². The molecule has 0 amide bonds. The first-order valence-electron chi connectivity index (χ1n) is 5.62. The van der Waals surface area contributed by atoms with E-state index in [9.17, 15) is 9.59 Å². The van der Waals surface area contributed by atoms with Gasteiger partial charge in [0.1, 0.15) is 5.78 Å². The summed E-state index contributed by atoms with van der Waals surface area (Å²) in [6.07, 6.45) is 1.39. The minimum Gasteiger partial charge on any atom is -0.343 e. The fourth-order valence-electron chi connectivity index (χ4n) is 3.10. The molecule has 2 aliphatic carbocycles. The Morgan fingerprint density at radius 2 is 2.13 bits per heavy atom. The van der Waals surface area contributed by atoms with E-state index in [0.29, 0.717) is 12.4 Å². The summed E-state index contributed by atoms with van der Waals surface area (Å²) in [5.74, 6) is 0.632. The van der Waals surface area contributed by atoms with Gasteiger partial charge >= 0.3 is 0 Å². The highest BCUT2D eigenvalue weighted by atomic mass is 16.7. The van der Waals surface area contributed by atoms with Gasteiger partial charge in [-0.3, -0.25) is 9.59 Å². The Morgan fingerprint density at radius 3 is 2.87 bits per heavy atom. The molecule has 2 bridgehead atoms. The largest absolute Gasteiger partial charge is 0.343 e. The Morgan fingerprint density at radius 1 is 1.33 bits per heavy atom. The summed E-state index contributed by atoms with van der Waals surface area (Å²) >= 11 is 0. The zero-order valence-corrected chi connectivity index (χ0v) is 8.22. The maximum atomic E-state index is 11.9. The van der Waals surface area contributed by atoms with E-state index in [-0.39, 0.29) is 35.6 Å². The highest BCUT2D eigenvalue weighted by Crippen LogP contribution is 2.58. The second kappa shape index (κ2) is 2.50. The second-order valence-corrected chi connectivity index (χ2v) is 5.05. The number of carbonyl (C=O) groups is 2. The van der Waals surface area contributed by atoms with Gasteiger partial charge in [0.25, 0.3) is 0 Å². The molecule has 0 radical (unpaired) electrons. The number of ether oxygens (including phenoxy) is 2. The highest BCUT2D eigenvalue weighted by molar-refractivity contribution is 5.99. The molecule has 15 heavy (non-hydrogen) atoms. The van der Waals surface area contributed by atoms with Crippen molar-refractivity contribution < 1.29 is 19.1 Å². The number of ketones is 2. The van der Waals surface area contributed by atoms with E-state index in [1.54, 1.807) is 0 Å². The van der Waals surface area contributed by atoms with Crippen molar-refractivity contribution in [2.75, 3.05) is 6.61 Å². The summed E-state index contributed by atoms with van der Waals surface area (Å²) in [6, 6.07) is 0. The average Bonchev–Trinajstić information content (AvgIpc) is 3.11. The van der Waals surface area contributed by atoms with Gasteiger partial charge in [0.2, 0.25) is 6.29 Å². The minimum atomic E-state index is -0.659. The van der Waals surface area contributed by atoms with Gasteiger partial charge in [0.05, 0.1) is 12.7 Å². The van der Waals surface area contributed by atoms with Crippen molar-refractivity contribution in [2.45, 2.75) is 25.2 Å². The van der Waals surface area contributed by atoms with Gasteiger partial charge in [-0.2, -0.15) is 0 Å². The van der Waals surface area contributed by atoms with Crippen LogP contribution < -0.4 is 0 Å². The molecule has 2 aliphatic heterocycles. The van der Waals surface area contributed by atoms with Gasteiger partial charge in [-0.25, -0.2) is 0 Å². The predicted molar refractivity (Wildman–Crippen MR) is 47.8 cm³/mol. The lowest BCUT2D eigenvalue weighted by atomic mass is 10.1. The summed E-state index contributed by atoms with van der Waals surface area (Å²) in [6.45, 7) is 0.492. The third-order valence-corrected chi connectivity index (χ3v) is 4.08. The second-order valence-electron chi connectivity index (χ2n) is 5.05. The summed E-state index contributed by atoms with van der Waals surface area (Å²) in [4.78, 5) is 23.7. The van der Waals surface area contributed by atoms with Crippen LogP contribution in [0.1, 0.15) is 12.8 Å². The van der Waals surface area contributed by atoms with Crippen molar-refractivity contribution in [1.82, 2.24) is 0 Å². The molecule has 0 aromatic rings. The molecule has 0 spiro atoms. The van der Waals surface area contributed by atoms with Crippen molar-refractivity contribution in [3.05, 3.63) is 0 Å². The number of rotatable bonds is 2. The Kier molecular flexibility index (Phi) is 1.40. The molecule has 4 aliphatic rings. The standard InChI is InChI=1S/C11H12O4/c12-9(4-1-2-4)7-6-5-3-14-11(15-5)10(13)8(6)7/h4-8,11H,1-3H2/t5-,6+,7+,8+,11-/m1/s1. The summed E-state index contributed by atoms with van der Waals surface area (Å²) in [7, 11) is 0. The van der Waals surface area contributed by atoms with Gasteiger partial charge in [-0.05, 0) is 12.8 Å². The number of fused-ring (bicyclic) bond motifs is 4. The van der Waals surface area contributed by atoms with Crippen LogP contribution >= 0.6 is 0 Å². The van der Waals surface area contributed by atoms with Crippen LogP contribution in [0, 0.1) is 23.7 Å². The molecule has 0 unspecified atom stereocenters. The third kappa shape index (κ3) is 0.988. The van der Waals surface area contributed by atoms with Crippen molar-refractivity contribution in [3.8, 4) is 0 Å². The third-order valence-electron chi connectivity index (χ3n) is 4.08. The molecule has 4 nitrogen and oxygen atoms in total. The molecule has 80 valence electrons. The molecule has 5 atom stereocenters. The molecule has 0 N–H and O–H groups in total. The van der Waals surface area contributed by atoms with Crippen LogP contribution in [-0.4, -0.2) is 30.6 Å². The van der Waals surface area contributed by atoms with Gasteiger partial charge in [0, 0.05) is 23.7 Å². The molecule has 2 saturated carbocycles. The smallest absolute Gasteiger partial charge is 0.218 e. The van der Waals surface area contributed by atoms with Gasteiger partial charge in [-0.1, -0.05) is 0 Å². The normalized spacial score (nSPS) is 51.5. The topological polar surface area (TPSA) is 52.6 Å². The molecule has 4 rings (SSSR count). The Hall–Kier alpha value is -0.740. The fraction of sp³-hybridized carbons (Fsp3) is 0.818. The number of hydrogen-bond acceptors (Lipinski definition) is 4. The Bertz CT molecular complexity index is 360. The Labute approximate surface area is 86.9 Å². The van der Waals surface area contributed by atoms with Crippen molar-refractivity contribution >= 4 is 11.6 Å². The molecular formula is C11H12O4. The van der Waals surface area contributed by atoms with E-state index < -0.39 is 6.29 Å². The molecule has 4 fully saturated rings. The zero-order valence-electron chi connectivity index (χ0n) is 8.22. The van der Waals surface area contributed by atoms with E-state index in [2.05, 4.69) is 0 Å². The first-order valence-corrected chi connectivity index (χ1v) is 5.62. The van der Waals surface area contributed by atoms with Gasteiger partial charge in [-0.15, -0.1) is 0 Å². The van der Waals surface area contributed by atoms with E-state index >= 15 is 0 Å². The quantitative estimate of drug-likeness (QED) is 0.648. The number of Topliss-reactive ketones (excluding diaryl/α,β-unsaturated/α-hetero) is 2. The molecule has 0 aromatic heterocycles. The average molecular weight is 208 g/mol. The minimum absolute atomic E-state index is 0.00500.